The molecule has 0 aliphatic heterocycles. The van der Waals surface area contributed by atoms with Crippen molar-refractivity contribution >= 4 is 5.78 Å². The highest BCUT2D eigenvalue weighted by atomic mass is 19.4. The lowest BCUT2D eigenvalue weighted by Gasteiger charge is -2.43. The van der Waals surface area contributed by atoms with E-state index in [2.05, 4.69) is 0 Å². The van der Waals surface area contributed by atoms with Crippen LogP contribution in [-0.4, -0.2) is 65.5 Å². The number of Topliss-reactive ketones (excluding diaryl/α,β-unsaturated/α-hetero) is 1. The molecule has 0 amide bonds. The molecule has 23 heteroatoms. The zero-order valence-corrected chi connectivity index (χ0v) is 14.2. The largest absolute Gasteiger partial charge is 0.460 e. The van der Waals surface area contributed by atoms with Gasteiger partial charge in [0.1, 0.15) is 0 Å². The van der Waals surface area contributed by atoms with Gasteiger partial charge in [0.15, 0.2) is 0 Å². The molecule has 0 saturated carbocycles. The van der Waals surface area contributed by atoms with Crippen molar-refractivity contribution in [3.63, 3.8) is 0 Å². The van der Waals surface area contributed by atoms with Crippen molar-refractivity contribution < 1.29 is 101 Å². The maximum absolute atomic E-state index is 13.2. The van der Waals surface area contributed by atoms with Crippen molar-refractivity contribution in [3.8, 4) is 0 Å². The first-order chi connectivity index (χ1) is 14.2. The predicted molar refractivity (Wildman–Crippen MR) is 56.7 cm³/mol. The van der Waals surface area contributed by atoms with Crippen LogP contribution in [0.15, 0.2) is 0 Å². The SMILES string of the molecule is O=C(C(F)(F)F)C(F)(F)C(F)(F)C(F)(F)C(F)(F)C(F)(F)C(F)(F)C(F)(F)C(F)(F)C(F)(F)F. The Kier molecular flexibility index (Phi) is 7.15. The topological polar surface area (TPSA) is 17.1 Å². The highest BCUT2D eigenvalue weighted by Crippen LogP contribution is 2.65. The van der Waals surface area contributed by atoms with Gasteiger partial charge in [-0.05, 0) is 0 Å². The molecule has 1 nitrogen and oxygen atoms in total. The molecule has 0 spiro atoms. The van der Waals surface area contributed by atoms with Crippen molar-refractivity contribution in [2.45, 2.75) is 59.7 Å². The molecule has 0 saturated heterocycles. The molecule has 0 atom stereocenters. The lowest BCUT2D eigenvalue weighted by Crippen LogP contribution is -2.76. The first kappa shape index (κ1) is 32.1. The van der Waals surface area contributed by atoms with Crippen LogP contribution in [-0.2, 0) is 4.79 Å². The van der Waals surface area contributed by atoms with E-state index < -0.39 is 65.5 Å². The molecule has 0 aromatic heterocycles. The summed E-state index contributed by atoms with van der Waals surface area (Å²) in [5.41, 5.74) is 0. The molecule has 34 heavy (non-hydrogen) atoms. The Hall–Kier alpha value is -1.87. The summed E-state index contributed by atoms with van der Waals surface area (Å²) in [5.74, 6) is -76.8. The van der Waals surface area contributed by atoms with Crippen LogP contribution in [0.1, 0.15) is 0 Å². The summed E-state index contributed by atoms with van der Waals surface area (Å²) >= 11 is 0. The standard InChI is InChI=1S/C11F22O/c12-2(13,1(34)3(14,15)16)4(17,18)5(19,20)6(21,22)7(23,24)8(25,26)9(27,28)10(29,30)11(31,32)33. The fraction of sp³-hybridized carbons (Fsp3) is 0.909. The summed E-state index contributed by atoms with van der Waals surface area (Å²) in [6, 6.07) is 0. The number of alkyl halides is 22. The zero-order valence-electron chi connectivity index (χ0n) is 14.2. The first-order valence-electron chi connectivity index (χ1n) is 6.86. The fourth-order valence-electron chi connectivity index (χ4n) is 1.68. The van der Waals surface area contributed by atoms with E-state index in [-0.39, 0.29) is 0 Å². The number of hydrogen-bond donors (Lipinski definition) is 0. The smallest absolute Gasteiger partial charge is 0.282 e. The van der Waals surface area contributed by atoms with Gasteiger partial charge < -0.3 is 0 Å². The lowest BCUT2D eigenvalue weighted by atomic mass is 9.86. The first-order valence-corrected chi connectivity index (χ1v) is 6.86. The highest BCUT2D eigenvalue weighted by molar-refractivity contribution is 5.91. The number of carbonyl (C=O) groups is 1. The molecule has 0 aromatic rings. The van der Waals surface area contributed by atoms with E-state index in [1.165, 1.54) is 0 Å². The average molecular weight is 566 g/mol. The Labute approximate surface area is 168 Å². The van der Waals surface area contributed by atoms with E-state index in [0.29, 0.717) is 0 Å². The zero-order chi connectivity index (χ0) is 28.6. The molecule has 0 aliphatic rings. The van der Waals surface area contributed by atoms with E-state index in [0.717, 1.165) is 0 Å². The third-order valence-electron chi connectivity index (χ3n) is 3.66. The number of carbonyl (C=O) groups excluding carboxylic acids is 1. The quantitative estimate of drug-likeness (QED) is 0.297. The summed E-state index contributed by atoms with van der Waals surface area (Å²) in [4.78, 5) is 10.1. The minimum absolute atomic E-state index is 5.40. The number of ketones is 1. The van der Waals surface area contributed by atoms with Crippen LogP contribution in [0.5, 0.6) is 0 Å². The molecule has 0 aliphatic carbocycles. The molecular weight excluding hydrogens is 566 g/mol. The Balaban J connectivity index is 7.04. The molecule has 0 bridgehead atoms. The van der Waals surface area contributed by atoms with Gasteiger partial charge in [-0.1, -0.05) is 0 Å². The molecule has 204 valence electrons. The lowest BCUT2D eigenvalue weighted by molar-refractivity contribution is -0.467. The van der Waals surface area contributed by atoms with Crippen LogP contribution in [0, 0.1) is 0 Å². The van der Waals surface area contributed by atoms with Gasteiger partial charge in [-0.3, -0.25) is 4.79 Å². The van der Waals surface area contributed by atoms with Gasteiger partial charge in [-0.25, -0.2) is 0 Å². The van der Waals surface area contributed by atoms with Crippen molar-refractivity contribution in [1.82, 2.24) is 0 Å². The molecule has 0 radical (unpaired) electrons. The highest BCUT2D eigenvalue weighted by Gasteiger charge is 2.97. The van der Waals surface area contributed by atoms with Gasteiger partial charge in [-0.2, -0.15) is 96.6 Å². The minimum Gasteiger partial charge on any atom is -0.282 e. The number of halogens is 22. The van der Waals surface area contributed by atoms with Crippen molar-refractivity contribution in [2.75, 3.05) is 0 Å². The maximum atomic E-state index is 13.2. The third-order valence-corrected chi connectivity index (χ3v) is 3.66. The van der Waals surface area contributed by atoms with Crippen LogP contribution in [0.4, 0.5) is 96.6 Å². The predicted octanol–water partition coefficient (Wildman–Crippen LogP) is 6.76. The third kappa shape index (κ3) is 3.79. The van der Waals surface area contributed by atoms with E-state index in [9.17, 15) is 101 Å². The molecule has 0 aromatic carbocycles. The van der Waals surface area contributed by atoms with E-state index >= 15 is 0 Å². The number of hydrogen-bond acceptors (Lipinski definition) is 1. The van der Waals surface area contributed by atoms with E-state index in [1.807, 2.05) is 0 Å². The van der Waals surface area contributed by atoms with Crippen LogP contribution in [0.25, 0.3) is 0 Å². The molecule has 0 N–H and O–H groups in total. The Morgan fingerprint density at radius 1 is 0.324 bits per heavy atom. The van der Waals surface area contributed by atoms with Crippen molar-refractivity contribution in [3.05, 3.63) is 0 Å². The van der Waals surface area contributed by atoms with Gasteiger partial charge in [-0.15, -0.1) is 0 Å². The summed E-state index contributed by atoms with van der Waals surface area (Å²) < 4.78 is 279. The Morgan fingerprint density at radius 2 is 0.529 bits per heavy atom. The van der Waals surface area contributed by atoms with Gasteiger partial charge in [0.2, 0.25) is 0 Å². The summed E-state index contributed by atoms with van der Waals surface area (Å²) in [5, 5.41) is 0. The molecule has 0 unspecified atom stereocenters. The fourth-order valence-corrected chi connectivity index (χ4v) is 1.68. The second-order valence-corrected chi connectivity index (χ2v) is 5.92. The normalized spacial score (nSPS) is 16.6. The summed E-state index contributed by atoms with van der Waals surface area (Å²) in [6.45, 7) is 0. The van der Waals surface area contributed by atoms with Gasteiger partial charge in [0.25, 0.3) is 0 Å². The molecule has 0 rings (SSSR count). The second kappa shape index (κ2) is 7.56. The van der Waals surface area contributed by atoms with Gasteiger partial charge in [0, 0.05) is 0 Å². The Morgan fingerprint density at radius 3 is 0.735 bits per heavy atom. The van der Waals surface area contributed by atoms with Crippen molar-refractivity contribution in [1.29, 1.82) is 0 Å². The monoisotopic (exact) mass is 566 g/mol. The summed E-state index contributed by atoms with van der Waals surface area (Å²) in [6.07, 6.45) is -15.4. The van der Waals surface area contributed by atoms with E-state index in [4.69, 9.17) is 0 Å². The molecule has 0 heterocycles. The van der Waals surface area contributed by atoms with Gasteiger partial charge >= 0.3 is 65.5 Å². The van der Waals surface area contributed by atoms with Crippen molar-refractivity contribution in [2.24, 2.45) is 0 Å². The van der Waals surface area contributed by atoms with Crippen LogP contribution in [0.2, 0.25) is 0 Å². The van der Waals surface area contributed by atoms with Crippen LogP contribution >= 0.6 is 0 Å². The van der Waals surface area contributed by atoms with Crippen LogP contribution < -0.4 is 0 Å². The van der Waals surface area contributed by atoms with Crippen LogP contribution in [0.3, 0.4) is 0 Å². The second-order valence-electron chi connectivity index (χ2n) is 5.92. The minimum atomic E-state index is -9.28. The molecule has 0 fully saturated rings. The van der Waals surface area contributed by atoms with E-state index in [1.54, 1.807) is 0 Å². The number of rotatable bonds is 8. The summed E-state index contributed by atoms with van der Waals surface area (Å²) in [7, 11) is 0. The van der Waals surface area contributed by atoms with Gasteiger partial charge in [0.05, 0.1) is 0 Å². The average Bonchev–Trinajstić information content (AvgIpc) is 2.57. The molecular formula is C11F22O. The maximum Gasteiger partial charge on any atom is 0.460 e. The Bertz CT molecular complexity index is 780.